The summed E-state index contributed by atoms with van der Waals surface area (Å²) in [7, 11) is 1.32. The first kappa shape index (κ1) is 15.4. The molecule has 0 saturated carbocycles. The highest BCUT2D eigenvalue weighted by Crippen LogP contribution is 2.19. The molecule has 0 saturated heterocycles. The van der Waals surface area contributed by atoms with Gasteiger partial charge in [0.15, 0.2) is 11.6 Å². The fourth-order valence-corrected chi connectivity index (χ4v) is 1.74. The fourth-order valence-electron chi connectivity index (χ4n) is 1.74. The van der Waals surface area contributed by atoms with Crippen molar-refractivity contribution in [3.8, 4) is 5.75 Å². The van der Waals surface area contributed by atoms with E-state index in [-0.39, 0.29) is 23.6 Å². The highest BCUT2D eigenvalue weighted by atomic mass is 19.1. The first-order valence-corrected chi connectivity index (χ1v) is 6.25. The lowest BCUT2D eigenvalue weighted by Crippen LogP contribution is -2.06. The molecule has 0 spiro atoms. The van der Waals surface area contributed by atoms with Gasteiger partial charge in [-0.1, -0.05) is 0 Å². The molecule has 6 nitrogen and oxygen atoms in total. The SMILES string of the molecule is COc1ccc(C(=O)OCc2ccc([N+](=O)[O-])cc2)cc1F. The monoisotopic (exact) mass is 305 g/mol. The summed E-state index contributed by atoms with van der Waals surface area (Å²) in [6, 6.07) is 9.35. The lowest BCUT2D eigenvalue weighted by atomic mass is 10.2. The molecule has 0 aliphatic carbocycles. The Morgan fingerprint density at radius 1 is 1.23 bits per heavy atom. The van der Waals surface area contributed by atoms with E-state index < -0.39 is 16.7 Å². The van der Waals surface area contributed by atoms with Crippen LogP contribution in [0.1, 0.15) is 15.9 Å². The van der Waals surface area contributed by atoms with E-state index >= 15 is 0 Å². The number of rotatable bonds is 5. The molecule has 2 aromatic rings. The maximum absolute atomic E-state index is 13.5. The number of nitro groups is 1. The minimum atomic E-state index is -0.695. The third-order valence-electron chi connectivity index (χ3n) is 2.90. The second-order valence-electron chi connectivity index (χ2n) is 4.35. The van der Waals surface area contributed by atoms with E-state index in [1.54, 1.807) is 0 Å². The zero-order valence-electron chi connectivity index (χ0n) is 11.6. The van der Waals surface area contributed by atoms with E-state index in [2.05, 4.69) is 0 Å². The minimum absolute atomic E-state index is 0.0342. The Morgan fingerprint density at radius 2 is 1.91 bits per heavy atom. The number of halogens is 1. The Labute approximate surface area is 125 Å². The first-order chi connectivity index (χ1) is 10.5. The van der Waals surface area contributed by atoms with E-state index in [0.717, 1.165) is 6.07 Å². The summed E-state index contributed by atoms with van der Waals surface area (Å²) in [6.45, 7) is -0.0650. The number of methoxy groups -OCH3 is 1. The van der Waals surface area contributed by atoms with Crippen molar-refractivity contribution in [2.24, 2.45) is 0 Å². The lowest BCUT2D eigenvalue weighted by Gasteiger charge is -2.06. The van der Waals surface area contributed by atoms with Gasteiger partial charge in [-0.15, -0.1) is 0 Å². The smallest absolute Gasteiger partial charge is 0.338 e. The summed E-state index contributed by atoms with van der Waals surface area (Å²) in [5.41, 5.74) is 0.598. The Hall–Kier alpha value is -2.96. The number of hydrogen-bond donors (Lipinski definition) is 0. The number of ether oxygens (including phenoxy) is 2. The lowest BCUT2D eigenvalue weighted by molar-refractivity contribution is -0.384. The van der Waals surface area contributed by atoms with Crippen molar-refractivity contribution in [1.82, 2.24) is 0 Å². The summed E-state index contributed by atoms with van der Waals surface area (Å²) >= 11 is 0. The van der Waals surface area contributed by atoms with Gasteiger partial charge in [-0.2, -0.15) is 0 Å². The van der Waals surface area contributed by atoms with Crippen molar-refractivity contribution >= 4 is 11.7 Å². The Kier molecular flexibility index (Phi) is 4.67. The van der Waals surface area contributed by atoms with E-state index in [0.29, 0.717) is 5.56 Å². The summed E-state index contributed by atoms with van der Waals surface area (Å²) in [5, 5.41) is 10.5. The van der Waals surface area contributed by atoms with Crippen LogP contribution in [0.4, 0.5) is 10.1 Å². The van der Waals surface area contributed by atoms with Crippen molar-refractivity contribution in [3.63, 3.8) is 0 Å². The van der Waals surface area contributed by atoms with Gasteiger partial charge in [0.2, 0.25) is 0 Å². The number of esters is 1. The highest BCUT2D eigenvalue weighted by Gasteiger charge is 2.12. The van der Waals surface area contributed by atoms with Crippen molar-refractivity contribution in [2.45, 2.75) is 6.61 Å². The van der Waals surface area contributed by atoms with Crippen molar-refractivity contribution in [2.75, 3.05) is 7.11 Å². The second kappa shape index (κ2) is 6.66. The van der Waals surface area contributed by atoms with Gasteiger partial charge >= 0.3 is 5.97 Å². The number of carbonyl (C=O) groups excluding carboxylic acids is 1. The molecule has 2 rings (SSSR count). The first-order valence-electron chi connectivity index (χ1n) is 6.25. The van der Waals surface area contributed by atoms with Crippen LogP contribution in [-0.4, -0.2) is 18.0 Å². The summed E-state index contributed by atoms with van der Waals surface area (Å²) in [5.74, 6) is -1.32. The quantitative estimate of drug-likeness (QED) is 0.482. The largest absolute Gasteiger partial charge is 0.494 e. The third kappa shape index (κ3) is 3.57. The third-order valence-corrected chi connectivity index (χ3v) is 2.90. The second-order valence-corrected chi connectivity index (χ2v) is 4.35. The molecular weight excluding hydrogens is 293 g/mol. The standard InChI is InChI=1S/C15H12FNO5/c1-21-14-7-4-11(8-13(14)16)15(18)22-9-10-2-5-12(6-3-10)17(19)20/h2-8H,9H2,1H3. The molecule has 22 heavy (non-hydrogen) atoms. The van der Waals surface area contributed by atoms with Crippen LogP contribution in [0.3, 0.4) is 0 Å². The molecule has 0 atom stereocenters. The molecule has 0 aliphatic rings. The fraction of sp³-hybridized carbons (Fsp3) is 0.133. The maximum atomic E-state index is 13.5. The molecular formula is C15H12FNO5. The number of non-ortho nitro benzene ring substituents is 1. The van der Waals surface area contributed by atoms with Gasteiger partial charge in [-0.3, -0.25) is 10.1 Å². The molecule has 0 unspecified atom stereocenters. The Morgan fingerprint density at radius 3 is 2.45 bits per heavy atom. The van der Waals surface area contributed by atoms with E-state index in [1.165, 1.54) is 43.5 Å². The van der Waals surface area contributed by atoms with E-state index in [9.17, 15) is 19.3 Å². The molecule has 0 fully saturated rings. The molecule has 114 valence electrons. The molecule has 0 bridgehead atoms. The zero-order valence-corrected chi connectivity index (χ0v) is 11.6. The van der Waals surface area contributed by atoms with Crippen molar-refractivity contribution in [3.05, 3.63) is 69.5 Å². The number of hydrogen-bond acceptors (Lipinski definition) is 5. The molecule has 7 heteroatoms. The number of carbonyl (C=O) groups is 1. The van der Waals surface area contributed by atoms with Gasteiger partial charge in [-0.25, -0.2) is 9.18 Å². The van der Waals surface area contributed by atoms with Crippen LogP contribution in [0.5, 0.6) is 5.75 Å². The summed E-state index contributed by atoms with van der Waals surface area (Å²) < 4.78 is 23.3. The van der Waals surface area contributed by atoms with Gasteiger partial charge < -0.3 is 9.47 Å². The van der Waals surface area contributed by atoms with E-state index in [1.807, 2.05) is 0 Å². The van der Waals surface area contributed by atoms with Crippen LogP contribution in [0.2, 0.25) is 0 Å². The van der Waals surface area contributed by atoms with Crippen molar-refractivity contribution < 1.29 is 23.6 Å². The van der Waals surface area contributed by atoms with E-state index in [4.69, 9.17) is 9.47 Å². The van der Waals surface area contributed by atoms with Gasteiger partial charge in [0.1, 0.15) is 6.61 Å². The summed E-state index contributed by atoms with van der Waals surface area (Å²) in [6.07, 6.45) is 0. The molecule has 0 aromatic heterocycles. The average Bonchev–Trinajstić information content (AvgIpc) is 2.52. The summed E-state index contributed by atoms with van der Waals surface area (Å²) in [4.78, 5) is 21.8. The normalized spacial score (nSPS) is 10.1. The molecule has 0 N–H and O–H groups in total. The highest BCUT2D eigenvalue weighted by molar-refractivity contribution is 5.89. The Balaban J connectivity index is 2.00. The topological polar surface area (TPSA) is 78.7 Å². The predicted molar refractivity (Wildman–Crippen MR) is 75.2 cm³/mol. The zero-order chi connectivity index (χ0) is 16.1. The van der Waals surface area contributed by atoms with Gasteiger partial charge in [0.05, 0.1) is 17.6 Å². The van der Waals surface area contributed by atoms with Crippen LogP contribution in [0, 0.1) is 15.9 Å². The predicted octanol–water partition coefficient (Wildman–Crippen LogP) is 3.10. The molecule has 0 heterocycles. The van der Waals surface area contributed by atoms with Gasteiger partial charge in [-0.05, 0) is 35.9 Å². The van der Waals surface area contributed by atoms with Crippen molar-refractivity contribution in [1.29, 1.82) is 0 Å². The van der Waals surface area contributed by atoms with Gasteiger partial charge in [0.25, 0.3) is 5.69 Å². The molecule has 0 amide bonds. The number of nitrogens with zero attached hydrogens (tertiary/aromatic N) is 1. The van der Waals surface area contributed by atoms with Crippen LogP contribution in [-0.2, 0) is 11.3 Å². The number of benzene rings is 2. The average molecular weight is 305 g/mol. The Bertz CT molecular complexity index is 700. The van der Waals surface area contributed by atoms with Crippen LogP contribution in [0.15, 0.2) is 42.5 Å². The molecule has 0 radical (unpaired) electrons. The van der Waals surface area contributed by atoms with Gasteiger partial charge in [0, 0.05) is 12.1 Å². The molecule has 0 aliphatic heterocycles. The minimum Gasteiger partial charge on any atom is -0.494 e. The van der Waals surface area contributed by atoms with Crippen LogP contribution < -0.4 is 4.74 Å². The van der Waals surface area contributed by atoms with Crippen LogP contribution >= 0.6 is 0 Å². The maximum Gasteiger partial charge on any atom is 0.338 e. The molecule has 2 aromatic carbocycles. The number of nitro benzene ring substituents is 1. The van der Waals surface area contributed by atoms with Crippen LogP contribution in [0.25, 0.3) is 0 Å².